The number of nitrogens with one attached hydrogen (secondary N) is 1. The van der Waals surface area contributed by atoms with Crippen molar-refractivity contribution in [3.63, 3.8) is 0 Å². The van der Waals surface area contributed by atoms with Gasteiger partial charge in [0.15, 0.2) is 5.69 Å². The fraction of sp³-hybridized carbons (Fsp3) is 0. The first kappa shape index (κ1) is 22.3. The lowest BCUT2D eigenvalue weighted by Gasteiger charge is -2.08. The molecule has 1 N–H and O–H groups in total. The zero-order chi connectivity index (χ0) is 22.6. The summed E-state index contributed by atoms with van der Waals surface area (Å²) < 4.78 is 38.0. The van der Waals surface area contributed by atoms with Crippen molar-refractivity contribution in [1.82, 2.24) is 9.78 Å². The first-order valence-corrected chi connectivity index (χ1v) is 10.1. The predicted molar refractivity (Wildman–Crippen MR) is 97.3 cm³/mol. The van der Waals surface area contributed by atoms with Crippen LogP contribution in [-0.4, -0.2) is 28.7 Å². The largest absolute Gasteiger partial charge is 0.744 e. The Morgan fingerprint density at radius 2 is 1.71 bits per heavy atom. The molecule has 3 aromatic rings. The zero-order valence-corrected chi connectivity index (χ0v) is 16.6. The second kappa shape index (κ2) is 9.21. The molecule has 0 aliphatic carbocycles. The number of carboxylic acid groups (broad SMARTS) is 1. The van der Waals surface area contributed by atoms with E-state index in [-0.39, 0.29) is 11.4 Å². The van der Waals surface area contributed by atoms with Gasteiger partial charge in [0.1, 0.15) is 15.8 Å². The minimum absolute atomic E-state index is 0.0447. The maximum absolute atomic E-state index is 12.6. The topological polar surface area (TPSA) is 201 Å². The third kappa shape index (κ3) is 5.23. The average molecular weight is 465 g/mol. The van der Waals surface area contributed by atoms with Crippen LogP contribution in [0.2, 0.25) is 0 Å². The van der Waals surface area contributed by atoms with Crippen LogP contribution in [0.3, 0.4) is 0 Å². The van der Waals surface area contributed by atoms with E-state index in [4.69, 9.17) is 0 Å². The molecule has 0 saturated heterocycles. The van der Waals surface area contributed by atoms with E-state index in [1.807, 2.05) is 0 Å². The summed E-state index contributed by atoms with van der Waals surface area (Å²) in [5.41, 5.74) is -1.85. The molecule has 0 amide bonds. The molecule has 0 unspecified atom stereocenters. The Morgan fingerprint density at radius 3 is 2.26 bits per heavy atom. The summed E-state index contributed by atoms with van der Waals surface area (Å²) in [6, 6.07) is 10.1. The van der Waals surface area contributed by atoms with Gasteiger partial charge in [0.2, 0.25) is 0 Å². The van der Waals surface area contributed by atoms with E-state index < -0.39 is 37.9 Å². The second-order valence-electron chi connectivity index (χ2n) is 5.62. The maximum Gasteiger partial charge on any atom is 0.299 e. The highest BCUT2D eigenvalue weighted by atomic mass is 32.2. The minimum Gasteiger partial charge on any atom is -0.744 e. The van der Waals surface area contributed by atoms with Crippen molar-refractivity contribution >= 4 is 39.5 Å². The van der Waals surface area contributed by atoms with Gasteiger partial charge in [-0.1, -0.05) is 0 Å². The lowest BCUT2D eigenvalue weighted by Crippen LogP contribution is -2.23. The molecule has 15 heteroatoms. The monoisotopic (exact) mass is 465 g/mol. The summed E-state index contributed by atoms with van der Waals surface area (Å²) in [5, 5.41) is 34.2. The van der Waals surface area contributed by atoms with Crippen LogP contribution < -0.4 is 15.9 Å². The Bertz CT molecular complexity index is 1280. The number of aromatic carboxylic acids is 1. The van der Waals surface area contributed by atoms with Crippen LogP contribution in [0.5, 0.6) is 0 Å². The molecule has 1 heterocycles. The fourth-order valence-electron chi connectivity index (χ4n) is 2.34. The number of nitrogens with zero attached hydrogens (tertiary/aromatic N) is 3. The summed E-state index contributed by atoms with van der Waals surface area (Å²) in [4.78, 5) is 24.0. The highest BCUT2D eigenvalue weighted by Crippen LogP contribution is 2.24. The Hall–Kier alpha value is -3.34. The van der Waals surface area contributed by atoms with E-state index in [9.17, 15) is 32.9 Å². The van der Waals surface area contributed by atoms with Crippen LogP contribution in [0, 0.1) is 0 Å². The number of H-pyrrole nitrogens is 1. The van der Waals surface area contributed by atoms with Crippen LogP contribution in [0.4, 0.5) is 11.4 Å². The number of azo groups is 1. The third-order valence-corrected chi connectivity index (χ3v) is 5.15. The predicted octanol–water partition coefficient (Wildman–Crippen LogP) is 0.0792. The Labute approximate surface area is 177 Å². The van der Waals surface area contributed by atoms with Crippen LogP contribution in [0.25, 0.3) is 5.69 Å². The van der Waals surface area contributed by atoms with E-state index in [1.165, 1.54) is 24.3 Å². The quantitative estimate of drug-likeness (QED) is 0.156. The molecule has 0 radical (unpaired) electrons. The summed E-state index contributed by atoms with van der Waals surface area (Å²) in [6.45, 7) is 0. The third-order valence-electron chi connectivity index (χ3n) is 3.71. The van der Waals surface area contributed by atoms with Crippen LogP contribution in [0.1, 0.15) is 10.5 Å². The van der Waals surface area contributed by atoms with Crippen molar-refractivity contribution in [2.24, 2.45) is 10.2 Å². The van der Waals surface area contributed by atoms with Crippen LogP contribution >= 0.6 is 12.0 Å². The number of carbonyl (C=O) groups is 1. The summed E-state index contributed by atoms with van der Waals surface area (Å²) in [6.07, 6.45) is 0. The van der Waals surface area contributed by atoms with Crippen molar-refractivity contribution < 1.29 is 37.5 Å². The first-order chi connectivity index (χ1) is 14.7. The molecule has 0 aliphatic rings. The lowest BCUT2D eigenvalue weighted by molar-refractivity contribution is -0.777. The van der Waals surface area contributed by atoms with E-state index >= 15 is 0 Å². The average Bonchev–Trinajstić information content (AvgIpc) is 3.07. The minimum atomic E-state index is -4.69. The van der Waals surface area contributed by atoms with E-state index in [0.29, 0.717) is 16.9 Å². The van der Waals surface area contributed by atoms with Crippen LogP contribution in [0.15, 0.2) is 73.3 Å². The van der Waals surface area contributed by atoms with Gasteiger partial charge in [-0.3, -0.25) is 14.9 Å². The van der Waals surface area contributed by atoms with Gasteiger partial charge in [-0.15, -0.1) is 5.11 Å². The van der Waals surface area contributed by atoms with Crippen molar-refractivity contribution in [3.8, 4) is 5.69 Å². The molecule has 2 aromatic carbocycles. The number of carbonyl (C=O) groups excluding carboxylic acids is 1. The number of aromatic nitrogens is 2. The number of hydrogen-bond donors (Lipinski definition) is 1. The van der Waals surface area contributed by atoms with Gasteiger partial charge in [-0.05, 0) is 48.5 Å². The van der Waals surface area contributed by atoms with E-state index in [0.717, 1.165) is 28.9 Å². The highest BCUT2D eigenvalue weighted by molar-refractivity contribution is 7.94. The van der Waals surface area contributed by atoms with Crippen molar-refractivity contribution in [2.75, 3.05) is 0 Å². The Kier molecular flexibility index (Phi) is 6.64. The standard InChI is InChI=1S/C16H12N4O9S2/c21-15-13(18-17-9-1-5-11(6-2-9)30-29-28-24)14(16(22)23)19-20(15)10-3-7-12(8-4-10)31(25,26)27/h1-8,19,24H,(H,22,23)(H,25,26,27)/p-3. The van der Waals surface area contributed by atoms with Crippen LogP contribution in [-0.2, 0) is 19.5 Å². The number of hydrogen-bond acceptors (Lipinski definition) is 12. The highest BCUT2D eigenvalue weighted by Gasteiger charge is 2.16. The summed E-state index contributed by atoms with van der Waals surface area (Å²) >= 11 is 0.647. The van der Waals surface area contributed by atoms with Gasteiger partial charge < -0.3 is 19.7 Å². The maximum atomic E-state index is 12.6. The molecule has 0 bridgehead atoms. The zero-order valence-electron chi connectivity index (χ0n) is 15.0. The number of carboxylic acids is 1. The van der Waals surface area contributed by atoms with Crippen molar-refractivity contribution in [2.45, 2.75) is 9.79 Å². The SMILES string of the molecule is O=C([O-])c1[nH]n(-c2ccc(S(=O)(=O)[O-])cc2)c(=O)c1N=Nc1ccc(SOO[O-])cc1. The normalized spacial score (nSPS) is 11.8. The molecule has 31 heavy (non-hydrogen) atoms. The second-order valence-corrected chi connectivity index (χ2v) is 7.78. The molecule has 13 nitrogen and oxygen atoms in total. The van der Waals surface area contributed by atoms with Gasteiger partial charge in [0.05, 0.1) is 34.3 Å². The van der Waals surface area contributed by atoms with Gasteiger partial charge in [-0.25, -0.2) is 13.1 Å². The Morgan fingerprint density at radius 1 is 1.06 bits per heavy atom. The molecular formula is C16H9N4O9S2-3. The van der Waals surface area contributed by atoms with Crippen molar-refractivity contribution in [1.29, 1.82) is 0 Å². The van der Waals surface area contributed by atoms with Gasteiger partial charge in [0.25, 0.3) is 5.56 Å². The number of aromatic amines is 1. The lowest BCUT2D eigenvalue weighted by atomic mass is 10.3. The van der Waals surface area contributed by atoms with Gasteiger partial charge >= 0.3 is 0 Å². The van der Waals surface area contributed by atoms with Gasteiger partial charge in [-0.2, -0.15) is 9.45 Å². The summed E-state index contributed by atoms with van der Waals surface area (Å²) in [7, 11) is -4.69. The molecule has 0 aliphatic heterocycles. The smallest absolute Gasteiger partial charge is 0.299 e. The van der Waals surface area contributed by atoms with E-state index in [1.54, 1.807) is 0 Å². The van der Waals surface area contributed by atoms with E-state index in [2.05, 4.69) is 24.7 Å². The molecule has 3 rings (SSSR count). The molecule has 1 aromatic heterocycles. The molecular weight excluding hydrogens is 456 g/mol. The van der Waals surface area contributed by atoms with Crippen molar-refractivity contribution in [3.05, 3.63) is 64.6 Å². The summed E-state index contributed by atoms with van der Waals surface area (Å²) in [5.74, 6) is -1.73. The molecule has 162 valence electrons. The molecule has 0 spiro atoms. The molecule has 0 fully saturated rings. The fourth-order valence-corrected chi connectivity index (χ4v) is 3.16. The number of benzene rings is 2. The van der Waals surface area contributed by atoms with Gasteiger partial charge in [0, 0.05) is 4.90 Å². The molecule has 0 atom stereocenters. The first-order valence-electron chi connectivity index (χ1n) is 7.98. The molecule has 0 saturated carbocycles. The number of rotatable bonds is 8. The Balaban J connectivity index is 1.94.